The minimum Gasteiger partial charge on any atom is -0.299 e. The van der Waals surface area contributed by atoms with Crippen LogP contribution in [0.5, 0.6) is 0 Å². The zero-order valence-electron chi connectivity index (χ0n) is 11.6. The second-order valence-corrected chi connectivity index (χ2v) is 5.75. The summed E-state index contributed by atoms with van der Waals surface area (Å²) >= 11 is 0. The molecule has 19 heavy (non-hydrogen) atoms. The quantitative estimate of drug-likeness (QED) is 0.819. The summed E-state index contributed by atoms with van der Waals surface area (Å²) in [5, 5.41) is 8.74. The van der Waals surface area contributed by atoms with Gasteiger partial charge in [0, 0.05) is 12.8 Å². The Labute approximate surface area is 115 Å². The summed E-state index contributed by atoms with van der Waals surface area (Å²) in [6.45, 7) is 2.28. The molecule has 1 aliphatic carbocycles. The average molecular weight is 255 g/mol. The summed E-state index contributed by atoms with van der Waals surface area (Å²) in [5.41, 5.74) is 1.67. The summed E-state index contributed by atoms with van der Waals surface area (Å²) in [5.74, 6) is 1.61. The third kappa shape index (κ3) is 3.92. The zero-order chi connectivity index (χ0) is 13.7. The molecule has 1 aliphatic rings. The lowest BCUT2D eigenvalue weighted by atomic mass is 9.77. The predicted molar refractivity (Wildman–Crippen MR) is 75.6 cm³/mol. The first-order valence-electron chi connectivity index (χ1n) is 7.20. The highest BCUT2D eigenvalue weighted by atomic mass is 16.1. The van der Waals surface area contributed by atoms with E-state index in [0.717, 1.165) is 12.0 Å². The monoisotopic (exact) mass is 255 g/mol. The molecule has 2 atom stereocenters. The first-order chi connectivity index (χ1) is 9.19. The van der Waals surface area contributed by atoms with Crippen LogP contribution in [-0.2, 0) is 11.2 Å². The van der Waals surface area contributed by atoms with Crippen molar-refractivity contribution in [2.45, 2.75) is 45.4 Å². The van der Waals surface area contributed by atoms with Crippen molar-refractivity contribution in [3.05, 3.63) is 35.4 Å². The fourth-order valence-corrected chi connectivity index (χ4v) is 2.99. The normalized spacial score (nSPS) is 22.7. The van der Waals surface area contributed by atoms with Crippen LogP contribution in [0.3, 0.4) is 0 Å². The number of Topliss-reactive ketones (excluding diaryl/α,β-unsaturated/α-hetero) is 1. The van der Waals surface area contributed by atoms with Gasteiger partial charge in [0.2, 0.25) is 0 Å². The third-order valence-corrected chi connectivity index (χ3v) is 4.26. The molecule has 0 spiro atoms. The summed E-state index contributed by atoms with van der Waals surface area (Å²) < 4.78 is 0. The van der Waals surface area contributed by atoms with E-state index in [-0.39, 0.29) is 0 Å². The van der Waals surface area contributed by atoms with Gasteiger partial charge in [0.25, 0.3) is 0 Å². The minimum atomic E-state index is 0.337. The molecule has 0 N–H and O–H groups in total. The van der Waals surface area contributed by atoms with Crippen molar-refractivity contribution in [3.8, 4) is 6.07 Å². The Kier molecular flexibility index (Phi) is 4.74. The van der Waals surface area contributed by atoms with Crippen LogP contribution >= 0.6 is 0 Å². The standard InChI is InChI=1S/C17H21NO/c1-13-4-2-3-5-16(13)11-17(19)10-14-6-8-15(12-18)9-7-14/h6-9,13,16H,2-5,10-11H2,1H3. The van der Waals surface area contributed by atoms with Crippen LogP contribution < -0.4 is 0 Å². The topological polar surface area (TPSA) is 40.9 Å². The van der Waals surface area contributed by atoms with Crippen molar-refractivity contribution >= 4 is 5.78 Å². The molecule has 0 radical (unpaired) electrons. The van der Waals surface area contributed by atoms with Gasteiger partial charge in [-0.15, -0.1) is 0 Å². The molecule has 1 fully saturated rings. The van der Waals surface area contributed by atoms with Crippen molar-refractivity contribution in [1.29, 1.82) is 5.26 Å². The van der Waals surface area contributed by atoms with Crippen molar-refractivity contribution in [1.82, 2.24) is 0 Å². The Bertz CT molecular complexity index is 469. The van der Waals surface area contributed by atoms with Gasteiger partial charge in [-0.25, -0.2) is 0 Å². The van der Waals surface area contributed by atoms with Gasteiger partial charge in [0.15, 0.2) is 0 Å². The van der Waals surface area contributed by atoms with E-state index < -0.39 is 0 Å². The van der Waals surface area contributed by atoms with Gasteiger partial charge in [0.05, 0.1) is 11.6 Å². The Morgan fingerprint density at radius 1 is 1.26 bits per heavy atom. The fraction of sp³-hybridized carbons (Fsp3) is 0.529. The lowest BCUT2D eigenvalue weighted by Gasteiger charge is -2.28. The molecule has 2 unspecified atom stereocenters. The second-order valence-electron chi connectivity index (χ2n) is 5.75. The number of carbonyl (C=O) groups excluding carboxylic acids is 1. The maximum absolute atomic E-state index is 12.1. The van der Waals surface area contributed by atoms with E-state index in [9.17, 15) is 4.79 Å². The molecular formula is C17H21NO. The van der Waals surface area contributed by atoms with Crippen LogP contribution in [0.1, 0.15) is 50.2 Å². The van der Waals surface area contributed by atoms with Crippen LogP contribution in [0.15, 0.2) is 24.3 Å². The highest BCUT2D eigenvalue weighted by molar-refractivity contribution is 5.81. The largest absolute Gasteiger partial charge is 0.299 e. The van der Waals surface area contributed by atoms with Crippen LogP contribution in [0.4, 0.5) is 0 Å². The van der Waals surface area contributed by atoms with Gasteiger partial charge in [-0.05, 0) is 36.0 Å². The maximum atomic E-state index is 12.1. The van der Waals surface area contributed by atoms with Crippen molar-refractivity contribution in [2.24, 2.45) is 11.8 Å². The highest BCUT2D eigenvalue weighted by Gasteiger charge is 2.23. The molecule has 0 amide bonds. The van der Waals surface area contributed by atoms with E-state index in [1.807, 2.05) is 12.1 Å². The summed E-state index contributed by atoms with van der Waals surface area (Å²) in [7, 11) is 0. The van der Waals surface area contributed by atoms with E-state index in [4.69, 9.17) is 5.26 Å². The Balaban J connectivity index is 1.88. The zero-order valence-corrected chi connectivity index (χ0v) is 11.6. The second kappa shape index (κ2) is 6.52. The number of hydrogen-bond acceptors (Lipinski definition) is 2. The van der Waals surface area contributed by atoms with Crippen LogP contribution in [0, 0.1) is 23.2 Å². The molecule has 1 saturated carbocycles. The Morgan fingerprint density at radius 3 is 2.58 bits per heavy atom. The van der Waals surface area contributed by atoms with E-state index >= 15 is 0 Å². The number of ketones is 1. The van der Waals surface area contributed by atoms with Gasteiger partial charge >= 0.3 is 0 Å². The van der Waals surface area contributed by atoms with Gasteiger partial charge in [-0.1, -0.05) is 38.3 Å². The predicted octanol–water partition coefficient (Wildman–Crippen LogP) is 3.89. The van der Waals surface area contributed by atoms with Gasteiger partial charge in [-0.3, -0.25) is 4.79 Å². The van der Waals surface area contributed by atoms with Crippen LogP contribution in [0.25, 0.3) is 0 Å². The molecule has 0 saturated heterocycles. The third-order valence-electron chi connectivity index (χ3n) is 4.26. The number of nitrogens with zero attached hydrogens (tertiary/aromatic N) is 1. The molecule has 0 heterocycles. The summed E-state index contributed by atoms with van der Waals surface area (Å²) in [4.78, 5) is 12.1. The number of benzene rings is 1. The van der Waals surface area contributed by atoms with E-state index in [1.165, 1.54) is 25.7 Å². The molecule has 0 aromatic heterocycles. The van der Waals surface area contributed by atoms with E-state index in [1.54, 1.807) is 12.1 Å². The number of nitriles is 1. The SMILES string of the molecule is CC1CCCCC1CC(=O)Cc1ccc(C#N)cc1. The number of carbonyl (C=O) groups is 1. The fourth-order valence-electron chi connectivity index (χ4n) is 2.99. The first-order valence-corrected chi connectivity index (χ1v) is 7.20. The lowest BCUT2D eigenvalue weighted by molar-refractivity contribution is -0.119. The van der Waals surface area contributed by atoms with E-state index in [0.29, 0.717) is 29.6 Å². The van der Waals surface area contributed by atoms with Gasteiger partial charge in [0.1, 0.15) is 5.78 Å². The van der Waals surface area contributed by atoms with E-state index in [2.05, 4.69) is 13.0 Å². The number of rotatable bonds is 4. The smallest absolute Gasteiger partial charge is 0.137 e. The van der Waals surface area contributed by atoms with Gasteiger partial charge < -0.3 is 0 Å². The van der Waals surface area contributed by atoms with Crippen LogP contribution in [-0.4, -0.2) is 5.78 Å². The average Bonchev–Trinajstić information content (AvgIpc) is 2.42. The van der Waals surface area contributed by atoms with Crippen molar-refractivity contribution in [3.63, 3.8) is 0 Å². The summed E-state index contributed by atoms with van der Waals surface area (Å²) in [6.07, 6.45) is 6.31. The highest BCUT2D eigenvalue weighted by Crippen LogP contribution is 2.32. The first kappa shape index (κ1) is 13.8. The van der Waals surface area contributed by atoms with Crippen molar-refractivity contribution < 1.29 is 4.79 Å². The molecule has 0 bridgehead atoms. The molecule has 1 aromatic rings. The molecule has 2 heteroatoms. The Morgan fingerprint density at radius 2 is 1.95 bits per heavy atom. The van der Waals surface area contributed by atoms with Gasteiger partial charge in [-0.2, -0.15) is 5.26 Å². The minimum absolute atomic E-state index is 0.337. The van der Waals surface area contributed by atoms with Crippen molar-refractivity contribution in [2.75, 3.05) is 0 Å². The molecular weight excluding hydrogens is 234 g/mol. The maximum Gasteiger partial charge on any atom is 0.137 e. The van der Waals surface area contributed by atoms with Crippen LogP contribution in [0.2, 0.25) is 0 Å². The molecule has 2 nitrogen and oxygen atoms in total. The summed E-state index contributed by atoms with van der Waals surface area (Å²) in [6, 6.07) is 9.44. The molecule has 100 valence electrons. The number of hydrogen-bond donors (Lipinski definition) is 0. The molecule has 0 aliphatic heterocycles. The molecule has 1 aromatic carbocycles. The Hall–Kier alpha value is -1.62. The lowest BCUT2D eigenvalue weighted by Crippen LogP contribution is -2.20. The molecule has 2 rings (SSSR count).